The van der Waals surface area contributed by atoms with E-state index in [2.05, 4.69) is 4.74 Å². The van der Waals surface area contributed by atoms with Crippen LogP contribution in [0.25, 0.3) is 0 Å². The third kappa shape index (κ3) is 1.63. The normalized spacial score (nSPS) is 40.9. The van der Waals surface area contributed by atoms with Crippen LogP contribution in [0.3, 0.4) is 0 Å². The molecule has 3 aliphatic rings. The highest BCUT2D eigenvalue weighted by Gasteiger charge is 2.70. The second kappa shape index (κ2) is 4.39. The van der Waals surface area contributed by atoms with Crippen LogP contribution in [0, 0.1) is 23.7 Å². The average Bonchev–Trinajstić information content (AvgIpc) is 3.00. The molecule has 0 amide bonds. The van der Waals surface area contributed by atoms with Crippen molar-refractivity contribution < 1.29 is 37.4 Å². The quantitative estimate of drug-likeness (QED) is 0.543. The van der Waals surface area contributed by atoms with E-state index in [1.165, 1.54) is 7.11 Å². The van der Waals surface area contributed by atoms with Crippen LogP contribution in [0.5, 0.6) is 0 Å². The van der Waals surface area contributed by atoms with Gasteiger partial charge in [-0.25, -0.2) is 4.79 Å². The minimum atomic E-state index is -3.25. The summed E-state index contributed by atoms with van der Waals surface area (Å²) < 4.78 is 39.1. The largest absolute Gasteiger partial charge is 0.469 e. The van der Waals surface area contributed by atoms with E-state index in [1.54, 1.807) is 0 Å². The Balaban J connectivity index is 1.86. The van der Waals surface area contributed by atoms with Crippen molar-refractivity contribution in [1.29, 1.82) is 0 Å². The van der Waals surface area contributed by atoms with Crippen LogP contribution in [0.1, 0.15) is 6.42 Å². The van der Waals surface area contributed by atoms with E-state index >= 15 is 0 Å². The summed E-state index contributed by atoms with van der Waals surface area (Å²) >= 11 is 0. The molecule has 2 bridgehead atoms. The number of methoxy groups -OCH3 is 1. The summed E-state index contributed by atoms with van der Waals surface area (Å²) in [4.78, 5) is 34.6. The maximum absolute atomic E-state index is 12.3. The lowest BCUT2D eigenvalue weighted by Gasteiger charge is -2.29. The molecule has 0 aromatic carbocycles. The first-order valence-corrected chi connectivity index (χ1v) is 6.22. The first-order chi connectivity index (χ1) is 9.45. The van der Waals surface area contributed by atoms with Crippen LogP contribution in [0.2, 0.25) is 0 Å². The van der Waals surface area contributed by atoms with Crippen molar-refractivity contribution in [2.75, 3.05) is 7.11 Å². The van der Waals surface area contributed by atoms with Gasteiger partial charge in [-0.2, -0.15) is 8.78 Å². The molecule has 0 spiro atoms. The topological polar surface area (TPSA) is 78.9 Å². The summed E-state index contributed by atoms with van der Waals surface area (Å²) in [5.74, 6) is -4.98. The first kappa shape index (κ1) is 13.3. The summed E-state index contributed by atoms with van der Waals surface area (Å²) in [7, 11) is 1.19. The molecule has 3 rings (SSSR count). The van der Waals surface area contributed by atoms with Crippen molar-refractivity contribution >= 4 is 17.9 Å². The Kier molecular flexibility index (Phi) is 2.91. The van der Waals surface area contributed by atoms with Gasteiger partial charge in [0.15, 0.2) is 0 Å². The number of rotatable bonds is 3. The summed E-state index contributed by atoms with van der Waals surface area (Å²) in [5.41, 5.74) is 0. The molecule has 2 saturated carbocycles. The van der Waals surface area contributed by atoms with Gasteiger partial charge in [-0.3, -0.25) is 9.59 Å². The maximum atomic E-state index is 12.3. The lowest BCUT2D eigenvalue weighted by Crippen LogP contribution is -2.44. The van der Waals surface area contributed by atoms with Crippen LogP contribution in [-0.4, -0.2) is 43.7 Å². The fourth-order valence-electron chi connectivity index (χ4n) is 3.79. The number of ether oxygens (including phenoxy) is 3. The predicted octanol–water partition coefficient (Wildman–Crippen LogP) is 0.144. The van der Waals surface area contributed by atoms with E-state index in [1.807, 2.05) is 0 Å². The lowest BCUT2D eigenvalue weighted by molar-refractivity contribution is -0.175. The Morgan fingerprint density at radius 2 is 2.05 bits per heavy atom. The molecule has 0 N–H and O–H groups in total. The van der Waals surface area contributed by atoms with Gasteiger partial charge < -0.3 is 14.2 Å². The van der Waals surface area contributed by atoms with E-state index in [-0.39, 0.29) is 5.92 Å². The van der Waals surface area contributed by atoms with Crippen LogP contribution in [0.15, 0.2) is 0 Å². The molecular formula is C12H12F2O6. The average molecular weight is 290 g/mol. The molecule has 6 atom stereocenters. The second-order valence-corrected chi connectivity index (χ2v) is 5.24. The van der Waals surface area contributed by atoms with Gasteiger partial charge in [-0.05, 0) is 6.42 Å². The van der Waals surface area contributed by atoms with E-state index in [4.69, 9.17) is 9.47 Å². The molecule has 0 aromatic rings. The number of carbonyl (C=O) groups is 3. The van der Waals surface area contributed by atoms with Crippen LogP contribution in [0.4, 0.5) is 8.78 Å². The molecule has 6 unspecified atom stereocenters. The summed E-state index contributed by atoms with van der Waals surface area (Å²) in [6.07, 6.45) is -4.53. The highest BCUT2D eigenvalue weighted by molar-refractivity contribution is 5.86. The van der Waals surface area contributed by atoms with E-state index < -0.39 is 54.3 Å². The Morgan fingerprint density at radius 3 is 2.65 bits per heavy atom. The predicted molar refractivity (Wildman–Crippen MR) is 56.4 cm³/mol. The lowest BCUT2D eigenvalue weighted by atomic mass is 9.78. The van der Waals surface area contributed by atoms with Crippen LogP contribution in [-0.2, 0) is 28.6 Å². The van der Waals surface area contributed by atoms with Gasteiger partial charge in [0, 0.05) is 11.8 Å². The Bertz CT molecular complexity index is 479. The van der Waals surface area contributed by atoms with Crippen molar-refractivity contribution in [3.8, 4) is 0 Å². The number of alkyl halides is 2. The summed E-state index contributed by atoms with van der Waals surface area (Å²) in [6.45, 7) is 0. The number of fused-ring (bicyclic) bond motifs is 1. The van der Waals surface area contributed by atoms with Crippen molar-refractivity contribution in [2.45, 2.75) is 25.1 Å². The van der Waals surface area contributed by atoms with Gasteiger partial charge in [0.1, 0.15) is 12.2 Å². The number of hydrogen-bond acceptors (Lipinski definition) is 6. The summed E-state index contributed by atoms with van der Waals surface area (Å²) in [6, 6.07) is 0. The smallest absolute Gasteiger partial charge is 0.374 e. The van der Waals surface area contributed by atoms with Gasteiger partial charge in [0.25, 0.3) is 0 Å². The minimum absolute atomic E-state index is 0.271. The molecule has 110 valence electrons. The van der Waals surface area contributed by atoms with Crippen molar-refractivity contribution in [3.63, 3.8) is 0 Å². The van der Waals surface area contributed by atoms with Crippen LogP contribution < -0.4 is 0 Å². The molecule has 8 heteroatoms. The van der Waals surface area contributed by atoms with Gasteiger partial charge in [-0.15, -0.1) is 0 Å². The molecule has 0 radical (unpaired) electrons. The van der Waals surface area contributed by atoms with E-state index in [0.29, 0.717) is 6.42 Å². The van der Waals surface area contributed by atoms with Crippen molar-refractivity contribution in [3.05, 3.63) is 0 Å². The summed E-state index contributed by atoms with van der Waals surface area (Å²) in [5, 5.41) is 0. The van der Waals surface area contributed by atoms with Gasteiger partial charge in [0.05, 0.1) is 18.9 Å². The zero-order valence-corrected chi connectivity index (χ0v) is 10.5. The molecular weight excluding hydrogens is 278 g/mol. The highest BCUT2D eigenvalue weighted by Crippen LogP contribution is 2.58. The Morgan fingerprint density at radius 1 is 1.35 bits per heavy atom. The van der Waals surface area contributed by atoms with Gasteiger partial charge >= 0.3 is 24.3 Å². The fraction of sp³-hybridized carbons (Fsp3) is 0.750. The van der Waals surface area contributed by atoms with Crippen LogP contribution >= 0.6 is 0 Å². The molecule has 2 aliphatic carbocycles. The second-order valence-electron chi connectivity index (χ2n) is 5.24. The monoisotopic (exact) mass is 290 g/mol. The molecule has 6 nitrogen and oxygen atoms in total. The third-order valence-corrected chi connectivity index (χ3v) is 4.45. The zero-order valence-electron chi connectivity index (χ0n) is 10.5. The van der Waals surface area contributed by atoms with Crippen molar-refractivity contribution in [1.82, 2.24) is 0 Å². The Hall–Kier alpha value is -1.73. The molecule has 1 heterocycles. The number of hydrogen-bond donors (Lipinski definition) is 0. The maximum Gasteiger partial charge on any atom is 0.374 e. The van der Waals surface area contributed by atoms with Crippen molar-refractivity contribution in [2.24, 2.45) is 23.7 Å². The van der Waals surface area contributed by atoms with Gasteiger partial charge in [0.2, 0.25) is 0 Å². The molecule has 1 aliphatic heterocycles. The minimum Gasteiger partial charge on any atom is -0.469 e. The van der Waals surface area contributed by atoms with E-state index in [0.717, 1.165) is 0 Å². The Labute approximate surface area is 112 Å². The zero-order chi connectivity index (χ0) is 14.6. The SMILES string of the molecule is COC(=O)C1C2CC3C(OC(=O)C31)C2OC(=O)C(F)F. The van der Waals surface area contributed by atoms with Gasteiger partial charge in [-0.1, -0.05) is 0 Å². The molecule has 1 saturated heterocycles. The third-order valence-electron chi connectivity index (χ3n) is 4.45. The molecule has 3 fully saturated rings. The number of carbonyl (C=O) groups excluding carboxylic acids is 3. The fourth-order valence-corrected chi connectivity index (χ4v) is 3.79. The molecule has 20 heavy (non-hydrogen) atoms. The highest BCUT2D eigenvalue weighted by atomic mass is 19.3. The number of halogens is 2. The van der Waals surface area contributed by atoms with E-state index in [9.17, 15) is 23.2 Å². The molecule has 0 aromatic heterocycles. The first-order valence-electron chi connectivity index (χ1n) is 6.22. The standard InChI is InChI=1S/C12H12F2O6/c1-18-10(15)5-3-2-4-6(5)11(16)19-7(4)8(3)20-12(17)9(13)14/h3-9H,2H2,1H3. The number of esters is 3.